The first-order valence-corrected chi connectivity index (χ1v) is 12.3. The molecule has 0 aliphatic heterocycles. The molecule has 174 valence electrons. The predicted molar refractivity (Wildman–Crippen MR) is 135 cm³/mol. The summed E-state index contributed by atoms with van der Waals surface area (Å²) in [5.74, 6) is 1.67. The number of benzene rings is 2. The number of aromatic nitrogens is 3. The number of nitrogens with one attached hydrogen (secondary N) is 1. The molecular weight excluding hydrogens is 432 g/mol. The first-order chi connectivity index (χ1) is 16.0. The van der Waals surface area contributed by atoms with Crippen molar-refractivity contribution in [2.45, 2.75) is 58.3 Å². The van der Waals surface area contributed by atoms with Crippen molar-refractivity contribution in [2.24, 2.45) is 0 Å². The fourth-order valence-corrected chi connectivity index (χ4v) is 4.31. The van der Waals surface area contributed by atoms with E-state index in [9.17, 15) is 4.79 Å². The van der Waals surface area contributed by atoms with Crippen molar-refractivity contribution in [3.63, 3.8) is 0 Å². The highest BCUT2D eigenvalue weighted by Crippen LogP contribution is 2.23. The van der Waals surface area contributed by atoms with Crippen LogP contribution in [0.2, 0.25) is 0 Å². The lowest BCUT2D eigenvalue weighted by Gasteiger charge is -2.13. The maximum Gasteiger partial charge on any atom is 0.234 e. The topological polar surface area (TPSA) is 69.0 Å². The van der Waals surface area contributed by atoms with E-state index in [2.05, 4.69) is 48.1 Å². The number of rotatable bonds is 12. The van der Waals surface area contributed by atoms with Crippen LogP contribution in [0.1, 0.15) is 42.8 Å². The van der Waals surface area contributed by atoms with Gasteiger partial charge in [0.05, 0.1) is 5.75 Å². The summed E-state index contributed by atoms with van der Waals surface area (Å²) < 4.78 is 7.85. The summed E-state index contributed by atoms with van der Waals surface area (Å²) >= 11 is 1.36. The second-order valence-corrected chi connectivity index (χ2v) is 8.72. The van der Waals surface area contributed by atoms with Crippen molar-refractivity contribution in [1.29, 1.82) is 0 Å². The van der Waals surface area contributed by atoms with Gasteiger partial charge in [0.2, 0.25) is 5.91 Å². The van der Waals surface area contributed by atoms with E-state index < -0.39 is 0 Å². The Labute approximate surface area is 200 Å². The van der Waals surface area contributed by atoms with Crippen molar-refractivity contribution in [3.05, 3.63) is 77.6 Å². The smallest absolute Gasteiger partial charge is 0.234 e. The SMILES string of the molecule is C=CCn1c(COc2ccc(CCC)cc2)nnc1SCC(=O)Nc1c(C)cccc1CC. The normalized spacial score (nSPS) is 10.8. The summed E-state index contributed by atoms with van der Waals surface area (Å²) in [6.45, 7) is 10.9. The van der Waals surface area contributed by atoms with Crippen LogP contribution in [0.15, 0.2) is 60.3 Å². The second-order valence-electron chi connectivity index (χ2n) is 7.78. The Morgan fingerprint density at radius 1 is 1.18 bits per heavy atom. The molecule has 1 heterocycles. The molecule has 1 N–H and O–H groups in total. The Morgan fingerprint density at radius 3 is 2.67 bits per heavy atom. The van der Waals surface area contributed by atoms with Crippen molar-refractivity contribution < 1.29 is 9.53 Å². The van der Waals surface area contributed by atoms with E-state index in [1.54, 1.807) is 6.08 Å². The van der Waals surface area contributed by atoms with Crippen LogP contribution in [0.25, 0.3) is 0 Å². The van der Waals surface area contributed by atoms with Crippen LogP contribution in [0.5, 0.6) is 5.75 Å². The van der Waals surface area contributed by atoms with Crippen LogP contribution < -0.4 is 10.1 Å². The molecule has 0 bridgehead atoms. The molecule has 2 aromatic carbocycles. The van der Waals surface area contributed by atoms with Crippen LogP contribution in [0, 0.1) is 6.92 Å². The molecule has 0 aliphatic carbocycles. The molecule has 0 spiro atoms. The number of anilines is 1. The van der Waals surface area contributed by atoms with Crippen LogP contribution in [-0.2, 0) is 30.8 Å². The Hall–Kier alpha value is -3.06. The van der Waals surface area contributed by atoms with E-state index in [4.69, 9.17) is 4.74 Å². The number of allylic oxidation sites excluding steroid dienone is 1. The third-order valence-corrected chi connectivity index (χ3v) is 6.24. The van der Waals surface area contributed by atoms with Gasteiger partial charge in [-0.1, -0.05) is 68.4 Å². The number of amides is 1. The van der Waals surface area contributed by atoms with E-state index in [-0.39, 0.29) is 11.7 Å². The predicted octanol–water partition coefficient (Wildman–Crippen LogP) is 5.60. The maximum absolute atomic E-state index is 12.6. The van der Waals surface area contributed by atoms with Gasteiger partial charge in [-0.2, -0.15) is 0 Å². The number of ether oxygens (including phenoxy) is 1. The van der Waals surface area contributed by atoms with Gasteiger partial charge in [0.15, 0.2) is 11.0 Å². The zero-order valence-corrected chi connectivity index (χ0v) is 20.5. The Morgan fingerprint density at radius 2 is 1.97 bits per heavy atom. The number of thioether (sulfide) groups is 1. The van der Waals surface area contributed by atoms with E-state index in [1.807, 2.05) is 41.8 Å². The molecular formula is C26H32N4O2S. The molecule has 3 rings (SSSR count). The van der Waals surface area contributed by atoms with Crippen LogP contribution in [0.3, 0.4) is 0 Å². The molecule has 0 fully saturated rings. The molecule has 0 unspecified atom stereocenters. The lowest BCUT2D eigenvalue weighted by Crippen LogP contribution is -2.17. The van der Waals surface area contributed by atoms with Gasteiger partial charge in [0, 0.05) is 12.2 Å². The highest BCUT2D eigenvalue weighted by atomic mass is 32.2. The van der Waals surface area contributed by atoms with Crippen molar-refractivity contribution >= 4 is 23.4 Å². The number of hydrogen-bond donors (Lipinski definition) is 1. The summed E-state index contributed by atoms with van der Waals surface area (Å²) in [5.41, 5.74) is 4.39. The van der Waals surface area contributed by atoms with Gasteiger partial charge in [-0.25, -0.2) is 0 Å². The van der Waals surface area contributed by atoms with Crippen molar-refractivity contribution in [1.82, 2.24) is 14.8 Å². The minimum Gasteiger partial charge on any atom is -0.486 e. The molecule has 0 aliphatic rings. The highest BCUT2D eigenvalue weighted by Gasteiger charge is 2.15. The minimum absolute atomic E-state index is 0.0675. The average Bonchev–Trinajstić information content (AvgIpc) is 3.20. The molecule has 0 atom stereocenters. The minimum atomic E-state index is -0.0675. The van der Waals surface area contributed by atoms with E-state index in [0.717, 1.165) is 41.8 Å². The third kappa shape index (κ3) is 6.71. The van der Waals surface area contributed by atoms with E-state index in [1.165, 1.54) is 17.3 Å². The van der Waals surface area contributed by atoms with Crippen LogP contribution in [-0.4, -0.2) is 26.4 Å². The largest absolute Gasteiger partial charge is 0.486 e. The molecule has 3 aromatic rings. The zero-order valence-electron chi connectivity index (χ0n) is 19.6. The molecule has 33 heavy (non-hydrogen) atoms. The fraction of sp³-hybridized carbons (Fsp3) is 0.346. The molecule has 0 saturated heterocycles. The monoisotopic (exact) mass is 464 g/mol. The number of para-hydroxylation sites is 1. The molecule has 0 saturated carbocycles. The Kier molecular flexibility index (Phi) is 9.13. The van der Waals surface area contributed by atoms with Gasteiger partial charge >= 0.3 is 0 Å². The number of hydrogen-bond acceptors (Lipinski definition) is 5. The van der Waals surface area contributed by atoms with Gasteiger partial charge < -0.3 is 10.1 Å². The summed E-state index contributed by atoms with van der Waals surface area (Å²) in [5, 5.41) is 12.3. The number of nitrogens with zero attached hydrogens (tertiary/aromatic N) is 3. The number of aryl methyl sites for hydroxylation is 3. The van der Waals surface area contributed by atoms with Gasteiger partial charge in [-0.05, 0) is 48.6 Å². The van der Waals surface area contributed by atoms with Crippen molar-refractivity contribution in [2.75, 3.05) is 11.1 Å². The second kappa shape index (κ2) is 12.3. The average molecular weight is 465 g/mol. The summed E-state index contributed by atoms with van der Waals surface area (Å²) in [6.07, 6.45) is 4.83. The summed E-state index contributed by atoms with van der Waals surface area (Å²) in [7, 11) is 0. The van der Waals surface area contributed by atoms with Gasteiger partial charge in [0.25, 0.3) is 0 Å². The summed E-state index contributed by atoms with van der Waals surface area (Å²) in [6, 6.07) is 14.2. The third-order valence-electron chi connectivity index (χ3n) is 5.27. The molecule has 6 nitrogen and oxygen atoms in total. The van der Waals surface area contributed by atoms with Gasteiger partial charge in [0.1, 0.15) is 12.4 Å². The van der Waals surface area contributed by atoms with Gasteiger partial charge in [-0.3, -0.25) is 9.36 Å². The Balaban J connectivity index is 1.62. The Bertz CT molecular complexity index is 1080. The van der Waals surface area contributed by atoms with E-state index >= 15 is 0 Å². The molecule has 1 amide bonds. The quantitative estimate of drug-likeness (QED) is 0.279. The number of carbonyl (C=O) groups is 1. The van der Waals surface area contributed by atoms with Gasteiger partial charge in [-0.15, -0.1) is 16.8 Å². The van der Waals surface area contributed by atoms with Crippen LogP contribution in [0.4, 0.5) is 5.69 Å². The highest BCUT2D eigenvalue weighted by molar-refractivity contribution is 7.99. The first kappa shape index (κ1) is 24.6. The zero-order chi connectivity index (χ0) is 23.6. The van der Waals surface area contributed by atoms with Crippen molar-refractivity contribution in [3.8, 4) is 5.75 Å². The lowest BCUT2D eigenvalue weighted by atomic mass is 10.1. The standard InChI is InChI=1S/C26H32N4O2S/c1-5-9-20-12-14-22(15-13-20)32-17-23-28-29-26(30(23)16-6-2)33-18-24(31)27-25-19(4)10-8-11-21(25)7-3/h6,8,10-15H,2,5,7,9,16-18H2,1,3-4H3,(H,27,31). The maximum atomic E-state index is 12.6. The molecule has 7 heteroatoms. The fourth-order valence-electron chi connectivity index (χ4n) is 3.54. The first-order valence-electron chi connectivity index (χ1n) is 11.3. The molecule has 0 radical (unpaired) electrons. The number of carbonyl (C=O) groups excluding carboxylic acids is 1. The van der Waals surface area contributed by atoms with E-state index in [0.29, 0.717) is 24.1 Å². The molecule has 1 aromatic heterocycles. The lowest BCUT2D eigenvalue weighted by molar-refractivity contribution is -0.113. The summed E-state index contributed by atoms with van der Waals surface area (Å²) in [4.78, 5) is 12.6. The van der Waals surface area contributed by atoms with Crippen LogP contribution >= 0.6 is 11.8 Å².